The number of rotatable bonds is 46. The summed E-state index contributed by atoms with van der Waals surface area (Å²) in [6.07, 6.45) is 19.3. The number of aliphatic hydroxyl groups is 4. The maximum atomic E-state index is 10.4. The summed E-state index contributed by atoms with van der Waals surface area (Å²) < 4.78 is 79.2. The summed E-state index contributed by atoms with van der Waals surface area (Å²) >= 11 is -2.55. The molecule has 2 unspecified atom stereocenters. The molecule has 0 rings (SSSR count). The van der Waals surface area contributed by atoms with Gasteiger partial charge in [-0.25, -0.2) is 8.42 Å². The highest BCUT2D eigenvalue weighted by molar-refractivity contribution is 8.00. The standard InChI is InChI=1S/C5H12O2.C5H8O2.C4H7NO2.2C4H9NO.C4H6O4S.C4H6O3S.C4H8O3S.C4H6O3.C4H6O2S.C4H8O2.C3H9NO2S.C3H8O2/c1-2-4-7-5-3-6;6-4-2-1-3-5-7;6-3-1-5-2-4-7;2*5-3-1-2-4-6;5-1-3-9(7,8)4-2-6;5-1-3-8(7)4-2-6;5-3-1-2-4-8(6)7;2*5-1-3-7-4-2-6;5-3-1-2-4-6;4-2-1-3-7(5)6;4-2-1-3-5/h6H,2-5H2,1H3;4-5H,1-3H2;3-5H,1-2H2;2*4H,1-3,5H2;1-2H,3-4H2;1-2H,3-4H2;3H,1-2,4H2,(H,6,7);2*1-2H,3-4H2;3,6H,1-2,4H2;1-4H2,(H,5,6);4-5H,1-3H2/p-2. The largest absolute Gasteiger partial charge is 0.772 e. The molecule has 0 aliphatic carbocycles. The maximum Gasteiger partial charge on any atom is 0.163 e. The van der Waals surface area contributed by atoms with Crippen LogP contribution >= 0.6 is 11.8 Å². The topological polar surface area (TPSA) is 594 Å². The molecule has 0 saturated carbocycles. The predicted octanol–water partition coefficient (Wildman–Crippen LogP) is -4.39. The number of hydrogen-bond donors (Lipinski definition) is 8. The average Bonchev–Trinajstić information content (AvgIpc) is 3.60. The quantitative estimate of drug-likeness (QED) is 0.0162. The third-order valence-corrected chi connectivity index (χ3v) is 10.9. The molecular formula is C52H100N4O29S5-2. The van der Waals surface area contributed by atoms with Gasteiger partial charge in [0.2, 0.25) is 0 Å². The van der Waals surface area contributed by atoms with Crippen LogP contribution in [0.3, 0.4) is 0 Å². The van der Waals surface area contributed by atoms with Gasteiger partial charge >= 0.3 is 0 Å². The lowest BCUT2D eigenvalue weighted by molar-refractivity contribution is -0.116. The molecule has 33 nitrogen and oxygen atoms in total. The summed E-state index contributed by atoms with van der Waals surface area (Å²) in [5.74, 6) is -0.0400. The van der Waals surface area contributed by atoms with Crippen molar-refractivity contribution in [3.63, 3.8) is 0 Å². The van der Waals surface area contributed by atoms with Crippen LogP contribution in [0.2, 0.25) is 0 Å². The minimum absolute atomic E-state index is 0.0126. The van der Waals surface area contributed by atoms with Crippen LogP contribution in [0, 0.1) is 0 Å². The van der Waals surface area contributed by atoms with Crippen LogP contribution in [0.15, 0.2) is 0 Å². The lowest BCUT2D eigenvalue weighted by Crippen LogP contribution is -2.17. The van der Waals surface area contributed by atoms with Crippen molar-refractivity contribution in [3.05, 3.63) is 0 Å². The summed E-state index contributed by atoms with van der Waals surface area (Å²) in [5.41, 5.74) is 15.1. The van der Waals surface area contributed by atoms with Crippen molar-refractivity contribution in [1.29, 1.82) is 0 Å². The number of ether oxygens (including phenoxy) is 2. The number of carbonyl (C=O) groups excluding carboxylic acids is 16. The van der Waals surface area contributed by atoms with Crippen molar-refractivity contribution < 1.29 is 137 Å². The van der Waals surface area contributed by atoms with Gasteiger partial charge in [-0.05, 0) is 71.0 Å². The molecule has 0 amide bonds. The number of nitrogens with two attached hydrogens (primary N) is 3. The van der Waals surface area contributed by atoms with Gasteiger partial charge in [-0.15, -0.1) is 11.8 Å². The molecule has 2 atom stereocenters. The molecule has 0 saturated heterocycles. The Bertz CT molecular complexity index is 1550. The summed E-state index contributed by atoms with van der Waals surface area (Å²) in [4.78, 5) is 153. The minimum atomic E-state index is -3.42. The highest BCUT2D eigenvalue weighted by Crippen LogP contribution is 1.91. The molecule has 38 heteroatoms. The van der Waals surface area contributed by atoms with Crippen LogP contribution in [0.4, 0.5) is 0 Å². The van der Waals surface area contributed by atoms with E-state index in [0.29, 0.717) is 152 Å². The number of aldehydes is 16. The fourth-order valence-electron chi connectivity index (χ4n) is 2.75. The lowest BCUT2D eigenvalue weighted by atomic mass is 10.3. The molecule has 0 spiro atoms. The van der Waals surface area contributed by atoms with Gasteiger partial charge in [0.05, 0.1) is 37.8 Å². The molecule has 0 aliphatic rings. The molecule has 0 aromatic rings. The van der Waals surface area contributed by atoms with Crippen molar-refractivity contribution in [3.8, 4) is 0 Å². The zero-order valence-electron chi connectivity index (χ0n) is 51.3. The van der Waals surface area contributed by atoms with E-state index in [1.807, 2.05) is 6.92 Å². The second-order valence-electron chi connectivity index (χ2n) is 14.3. The van der Waals surface area contributed by atoms with Crippen LogP contribution in [-0.2, 0) is 129 Å². The van der Waals surface area contributed by atoms with Crippen molar-refractivity contribution in [2.24, 2.45) is 17.2 Å². The van der Waals surface area contributed by atoms with Crippen molar-refractivity contribution >= 4 is 155 Å². The summed E-state index contributed by atoms with van der Waals surface area (Å²) in [5, 5.41) is 34.6. The van der Waals surface area contributed by atoms with E-state index in [-0.39, 0.29) is 88.3 Å². The number of hydrogen-bond acceptors (Lipinski definition) is 34. The highest BCUT2D eigenvalue weighted by Gasteiger charge is 2.07. The average molecular weight is 1410 g/mol. The third-order valence-electron chi connectivity index (χ3n) is 6.58. The molecule has 11 N–H and O–H groups in total. The molecule has 0 heterocycles. The first-order chi connectivity index (χ1) is 43.2. The van der Waals surface area contributed by atoms with Crippen LogP contribution < -0.4 is 22.5 Å². The molecule has 0 aromatic heterocycles. The van der Waals surface area contributed by atoms with Gasteiger partial charge in [-0.2, -0.15) is 0 Å². The van der Waals surface area contributed by atoms with E-state index < -0.39 is 54.3 Å². The Labute approximate surface area is 540 Å². The Morgan fingerprint density at radius 3 is 1.01 bits per heavy atom. The first-order valence-electron chi connectivity index (χ1n) is 26.8. The number of aliphatic hydroxyl groups excluding tert-OH is 4. The lowest BCUT2D eigenvalue weighted by Gasteiger charge is -1.99. The van der Waals surface area contributed by atoms with Gasteiger partial charge in [0, 0.05) is 98.8 Å². The van der Waals surface area contributed by atoms with Gasteiger partial charge in [0.15, 0.2) is 9.84 Å². The first kappa shape index (κ1) is 116. The Balaban J connectivity index is -0.0000000650. The number of thioether (sulfide) groups is 1. The fraction of sp³-hybridized carbons (Fsp3) is 0.692. The third kappa shape index (κ3) is 232. The van der Waals surface area contributed by atoms with Gasteiger partial charge < -0.3 is 138 Å². The van der Waals surface area contributed by atoms with Crippen molar-refractivity contribution in [2.45, 2.75) is 96.8 Å². The van der Waals surface area contributed by atoms with Crippen LogP contribution in [0.1, 0.15) is 96.8 Å². The number of nitrogens with one attached hydrogen (secondary N) is 1. The minimum Gasteiger partial charge on any atom is -0.772 e. The molecule has 0 fully saturated rings. The molecule has 0 aromatic carbocycles. The Kier molecular flexibility index (Phi) is 176. The smallest absolute Gasteiger partial charge is 0.163 e. The highest BCUT2D eigenvalue weighted by atomic mass is 32.2. The van der Waals surface area contributed by atoms with E-state index in [2.05, 4.69) is 10.1 Å². The van der Waals surface area contributed by atoms with E-state index in [0.717, 1.165) is 69.9 Å². The molecule has 0 aliphatic heterocycles. The van der Waals surface area contributed by atoms with Gasteiger partial charge in [-0.3, -0.25) is 12.6 Å². The summed E-state index contributed by atoms with van der Waals surface area (Å²) in [6, 6.07) is 0. The van der Waals surface area contributed by atoms with Gasteiger partial charge in [0.1, 0.15) is 125 Å². The summed E-state index contributed by atoms with van der Waals surface area (Å²) in [7, 11) is -4.67. The predicted molar refractivity (Wildman–Crippen MR) is 339 cm³/mol. The number of unbranched alkanes of at least 4 members (excludes halogenated alkanes) is 6. The first-order valence-corrected chi connectivity index (χ1v) is 33.8. The van der Waals surface area contributed by atoms with E-state index in [1.54, 1.807) is 0 Å². The molecular weight excluding hydrogens is 1300 g/mol. The van der Waals surface area contributed by atoms with Crippen molar-refractivity contribution in [2.75, 3.05) is 132 Å². The van der Waals surface area contributed by atoms with Crippen molar-refractivity contribution in [1.82, 2.24) is 5.32 Å². The van der Waals surface area contributed by atoms with E-state index in [4.69, 9.17) is 42.4 Å². The fourth-order valence-corrected chi connectivity index (χ4v) is 4.88. The molecule has 0 bridgehead atoms. The Hall–Kier alpha value is -5.01. The second kappa shape index (κ2) is 137. The van der Waals surface area contributed by atoms with Crippen LogP contribution in [-0.4, -0.2) is 283 Å². The van der Waals surface area contributed by atoms with E-state index >= 15 is 0 Å². The van der Waals surface area contributed by atoms with Crippen LogP contribution in [0.25, 0.3) is 0 Å². The maximum absolute atomic E-state index is 10.4. The summed E-state index contributed by atoms with van der Waals surface area (Å²) in [6.45, 7) is 5.98. The van der Waals surface area contributed by atoms with Gasteiger partial charge in [0.25, 0.3) is 0 Å². The number of carbonyl (C=O) groups is 16. The zero-order chi connectivity index (χ0) is 72.1. The SMILES string of the molecule is CCCOCCO.NCCCC=O.NCCCC=O.NCCCS(=O)[O-].O=CCCCC=O.O=CCCCO.O=CCCCS(=O)[O-].O=CCNCC=O.O=CCOCC=O.O=CCS(=O)(=O)CC=O.O=CCS(=O)CC=O.O=CCSCC=O.OCCCO. The normalized spacial score (nSPS) is 9.46. The monoisotopic (exact) mass is 1400 g/mol. The zero-order valence-corrected chi connectivity index (χ0v) is 55.3. The Morgan fingerprint density at radius 2 is 0.778 bits per heavy atom. The number of sulfone groups is 1. The second-order valence-corrected chi connectivity index (χ2v) is 21.2. The van der Waals surface area contributed by atoms with Crippen LogP contribution in [0.5, 0.6) is 0 Å². The van der Waals surface area contributed by atoms with Gasteiger partial charge in [-0.1, -0.05) is 29.1 Å². The van der Waals surface area contributed by atoms with E-state index in [9.17, 15) is 107 Å². The molecule has 90 heavy (non-hydrogen) atoms. The Morgan fingerprint density at radius 1 is 0.422 bits per heavy atom. The molecule has 534 valence electrons. The van der Waals surface area contributed by atoms with E-state index in [1.165, 1.54) is 11.8 Å². The molecule has 0 radical (unpaired) electrons.